The smallest absolute Gasteiger partial charge is 0.339 e. The van der Waals surface area contributed by atoms with Crippen molar-refractivity contribution in [2.45, 2.75) is 20.3 Å². The molecule has 0 aliphatic heterocycles. The van der Waals surface area contributed by atoms with Crippen LogP contribution in [0.5, 0.6) is 0 Å². The molecular formula is C16H18N2O2. The first-order valence-electron chi connectivity index (χ1n) is 6.59. The number of nitrogens with two attached hydrogens (primary N) is 1. The van der Waals surface area contributed by atoms with Crippen molar-refractivity contribution < 1.29 is 9.53 Å². The molecule has 0 saturated carbocycles. The first kappa shape index (κ1) is 14.1. The topological polar surface area (TPSA) is 65.2 Å². The quantitative estimate of drug-likeness (QED) is 0.868. The van der Waals surface area contributed by atoms with Gasteiger partial charge in [-0.3, -0.25) is 0 Å². The first-order chi connectivity index (χ1) is 9.61. The van der Waals surface area contributed by atoms with E-state index in [2.05, 4.69) is 4.98 Å². The third-order valence-corrected chi connectivity index (χ3v) is 3.06. The SMILES string of the molecule is CCOC(=O)c1cc(Cc2ccccc2)c(N)nc1C. The van der Waals surface area contributed by atoms with Gasteiger partial charge in [0.25, 0.3) is 0 Å². The maximum absolute atomic E-state index is 11.9. The Labute approximate surface area is 118 Å². The summed E-state index contributed by atoms with van der Waals surface area (Å²) in [5.41, 5.74) is 8.99. The number of hydrogen-bond acceptors (Lipinski definition) is 4. The molecule has 0 radical (unpaired) electrons. The van der Waals surface area contributed by atoms with E-state index in [-0.39, 0.29) is 5.97 Å². The Morgan fingerprint density at radius 1 is 1.30 bits per heavy atom. The molecule has 2 aromatic rings. The van der Waals surface area contributed by atoms with Crippen molar-refractivity contribution in [2.75, 3.05) is 12.3 Å². The van der Waals surface area contributed by atoms with Crippen LogP contribution >= 0.6 is 0 Å². The zero-order valence-electron chi connectivity index (χ0n) is 11.7. The van der Waals surface area contributed by atoms with Crippen LogP contribution in [0.15, 0.2) is 36.4 Å². The third kappa shape index (κ3) is 3.15. The molecule has 0 aliphatic carbocycles. The maximum atomic E-state index is 11.9. The number of hydrogen-bond donors (Lipinski definition) is 1. The monoisotopic (exact) mass is 270 g/mol. The van der Waals surface area contributed by atoms with Crippen LogP contribution < -0.4 is 5.73 Å². The van der Waals surface area contributed by atoms with E-state index in [0.29, 0.717) is 30.1 Å². The van der Waals surface area contributed by atoms with Gasteiger partial charge in [0, 0.05) is 6.42 Å². The molecule has 2 rings (SSSR count). The van der Waals surface area contributed by atoms with Gasteiger partial charge in [-0.05, 0) is 31.0 Å². The van der Waals surface area contributed by atoms with Gasteiger partial charge in [-0.15, -0.1) is 0 Å². The Morgan fingerprint density at radius 3 is 2.65 bits per heavy atom. The molecule has 0 aliphatic rings. The second-order valence-corrected chi connectivity index (χ2v) is 4.55. The Balaban J connectivity index is 2.34. The summed E-state index contributed by atoms with van der Waals surface area (Å²) in [4.78, 5) is 16.1. The van der Waals surface area contributed by atoms with E-state index in [1.807, 2.05) is 30.3 Å². The Kier molecular flexibility index (Phi) is 4.35. The molecule has 0 saturated heterocycles. The lowest BCUT2D eigenvalue weighted by Gasteiger charge is -2.10. The lowest BCUT2D eigenvalue weighted by atomic mass is 10.0. The fraction of sp³-hybridized carbons (Fsp3) is 0.250. The molecule has 0 bridgehead atoms. The third-order valence-electron chi connectivity index (χ3n) is 3.06. The van der Waals surface area contributed by atoms with Gasteiger partial charge in [-0.2, -0.15) is 0 Å². The minimum Gasteiger partial charge on any atom is -0.462 e. The zero-order chi connectivity index (χ0) is 14.5. The molecule has 0 atom stereocenters. The highest BCUT2D eigenvalue weighted by Gasteiger charge is 2.14. The van der Waals surface area contributed by atoms with Crippen molar-refractivity contribution in [3.63, 3.8) is 0 Å². The summed E-state index contributed by atoms with van der Waals surface area (Å²) in [5, 5.41) is 0. The first-order valence-corrected chi connectivity index (χ1v) is 6.59. The molecule has 0 unspecified atom stereocenters. The highest BCUT2D eigenvalue weighted by atomic mass is 16.5. The highest BCUT2D eigenvalue weighted by Crippen LogP contribution is 2.19. The summed E-state index contributed by atoms with van der Waals surface area (Å²) in [6.45, 7) is 3.88. The van der Waals surface area contributed by atoms with Gasteiger partial charge < -0.3 is 10.5 Å². The van der Waals surface area contributed by atoms with Crippen LogP contribution in [0.1, 0.15) is 34.1 Å². The number of nitrogen functional groups attached to an aromatic ring is 1. The predicted octanol–water partition coefficient (Wildman–Crippen LogP) is 2.74. The van der Waals surface area contributed by atoms with E-state index < -0.39 is 0 Å². The lowest BCUT2D eigenvalue weighted by Crippen LogP contribution is -2.11. The molecule has 1 aromatic carbocycles. The Morgan fingerprint density at radius 2 is 2.00 bits per heavy atom. The highest BCUT2D eigenvalue weighted by molar-refractivity contribution is 5.91. The van der Waals surface area contributed by atoms with Gasteiger partial charge in [0.2, 0.25) is 0 Å². The minimum absolute atomic E-state index is 0.344. The van der Waals surface area contributed by atoms with Gasteiger partial charge in [0.15, 0.2) is 0 Å². The average Bonchev–Trinajstić information content (AvgIpc) is 2.43. The Bertz CT molecular complexity index is 609. The maximum Gasteiger partial charge on any atom is 0.339 e. The van der Waals surface area contributed by atoms with E-state index >= 15 is 0 Å². The van der Waals surface area contributed by atoms with E-state index in [9.17, 15) is 4.79 Å². The fourth-order valence-electron chi connectivity index (χ4n) is 2.04. The fourth-order valence-corrected chi connectivity index (χ4v) is 2.04. The number of ether oxygens (including phenoxy) is 1. The standard InChI is InChI=1S/C16H18N2O2/c1-3-20-16(19)14-10-13(15(17)18-11(14)2)9-12-7-5-4-6-8-12/h4-8,10H,3,9H2,1-2H3,(H2,17,18). The van der Waals surface area contributed by atoms with Crippen LogP contribution in [0.25, 0.3) is 0 Å². The molecule has 20 heavy (non-hydrogen) atoms. The van der Waals surface area contributed by atoms with E-state index in [1.54, 1.807) is 19.9 Å². The van der Waals surface area contributed by atoms with Crippen molar-refractivity contribution in [1.82, 2.24) is 4.98 Å². The van der Waals surface area contributed by atoms with Crippen LogP contribution in [0.2, 0.25) is 0 Å². The van der Waals surface area contributed by atoms with E-state index in [4.69, 9.17) is 10.5 Å². The average molecular weight is 270 g/mol. The van der Waals surface area contributed by atoms with Crippen LogP contribution in [0.4, 0.5) is 5.82 Å². The summed E-state index contributed by atoms with van der Waals surface area (Å²) in [6.07, 6.45) is 0.645. The second kappa shape index (κ2) is 6.19. The molecule has 0 spiro atoms. The number of pyridine rings is 1. The molecule has 1 aromatic heterocycles. The molecule has 0 fully saturated rings. The molecule has 1 heterocycles. The van der Waals surface area contributed by atoms with Crippen LogP contribution in [0.3, 0.4) is 0 Å². The minimum atomic E-state index is -0.355. The number of aryl methyl sites for hydroxylation is 1. The van der Waals surface area contributed by atoms with Crippen molar-refractivity contribution in [1.29, 1.82) is 0 Å². The number of rotatable bonds is 4. The zero-order valence-corrected chi connectivity index (χ0v) is 11.7. The second-order valence-electron chi connectivity index (χ2n) is 4.55. The van der Waals surface area contributed by atoms with Gasteiger partial charge in [-0.25, -0.2) is 9.78 Å². The summed E-state index contributed by atoms with van der Waals surface area (Å²) in [7, 11) is 0. The summed E-state index contributed by atoms with van der Waals surface area (Å²) >= 11 is 0. The number of carbonyl (C=O) groups is 1. The molecule has 4 nitrogen and oxygen atoms in total. The van der Waals surface area contributed by atoms with Gasteiger partial charge in [0.05, 0.1) is 17.9 Å². The predicted molar refractivity (Wildman–Crippen MR) is 78.6 cm³/mol. The summed E-state index contributed by atoms with van der Waals surface area (Å²) in [5.74, 6) is 0.103. The van der Waals surface area contributed by atoms with Crippen LogP contribution in [-0.4, -0.2) is 17.6 Å². The van der Waals surface area contributed by atoms with Crippen LogP contribution in [-0.2, 0) is 11.2 Å². The van der Waals surface area contributed by atoms with Crippen molar-refractivity contribution in [2.24, 2.45) is 0 Å². The lowest BCUT2D eigenvalue weighted by molar-refractivity contribution is 0.0525. The summed E-state index contributed by atoms with van der Waals surface area (Å²) in [6, 6.07) is 11.7. The normalized spacial score (nSPS) is 10.3. The molecule has 104 valence electrons. The molecule has 0 amide bonds. The van der Waals surface area contributed by atoms with E-state index in [1.165, 1.54) is 0 Å². The number of benzene rings is 1. The number of nitrogens with zero attached hydrogens (tertiary/aromatic N) is 1. The number of anilines is 1. The summed E-state index contributed by atoms with van der Waals surface area (Å²) < 4.78 is 5.03. The van der Waals surface area contributed by atoms with Crippen molar-refractivity contribution in [3.8, 4) is 0 Å². The number of esters is 1. The Hall–Kier alpha value is -2.36. The van der Waals surface area contributed by atoms with Gasteiger partial charge in [-0.1, -0.05) is 30.3 Å². The largest absolute Gasteiger partial charge is 0.462 e. The molecule has 4 heteroatoms. The van der Waals surface area contributed by atoms with Gasteiger partial charge in [0.1, 0.15) is 5.82 Å². The van der Waals surface area contributed by atoms with Gasteiger partial charge >= 0.3 is 5.97 Å². The van der Waals surface area contributed by atoms with Crippen LogP contribution in [0, 0.1) is 6.92 Å². The molecule has 2 N–H and O–H groups in total. The van der Waals surface area contributed by atoms with Crippen molar-refractivity contribution in [3.05, 3.63) is 58.8 Å². The van der Waals surface area contributed by atoms with Crippen molar-refractivity contribution >= 4 is 11.8 Å². The number of aromatic nitrogens is 1. The molecular weight excluding hydrogens is 252 g/mol. The number of carbonyl (C=O) groups excluding carboxylic acids is 1. The van der Waals surface area contributed by atoms with E-state index in [0.717, 1.165) is 11.1 Å².